The molecule has 0 aromatic rings. The minimum atomic E-state index is -2.42. The number of carbonyl (C=O) groups is 6. The Morgan fingerprint density at radius 3 is 0.662 bits per heavy atom. The molecule has 0 aliphatic heterocycles. The third kappa shape index (κ3) is 11.3. The van der Waals surface area contributed by atoms with Gasteiger partial charge in [-0.2, -0.15) is 0 Å². The molecule has 12 bridgehead atoms. The summed E-state index contributed by atoms with van der Waals surface area (Å²) in [6.07, 6.45) is 33.8. The van der Waals surface area contributed by atoms with Gasteiger partial charge in [-0.05, 0) is 245 Å². The van der Waals surface area contributed by atoms with Gasteiger partial charge in [0.2, 0.25) is 11.8 Å². The minimum Gasteiger partial charge on any atom is -0.299 e. The van der Waals surface area contributed by atoms with Gasteiger partial charge in [-0.15, -0.1) is 0 Å². The predicted octanol–water partition coefficient (Wildman–Crippen LogP) is 11.7. The Bertz CT molecular complexity index is 2200. The van der Waals surface area contributed by atoms with E-state index in [9.17, 15) is 37.2 Å². The normalized spacial score (nSPS) is 46.8. The van der Waals surface area contributed by atoms with E-state index >= 15 is 0 Å². The van der Waals surface area contributed by atoms with Crippen molar-refractivity contribution < 1.29 is 37.2 Å². The molecule has 0 saturated heterocycles. The Balaban J connectivity index is 0.000000126. The van der Waals surface area contributed by atoms with Crippen molar-refractivity contribution in [2.24, 2.45) is 65.0 Å². The average Bonchev–Trinajstić information content (AvgIpc) is 3.20. The highest BCUT2D eigenvalue weighted by Crippen LogP contribution is 2.75. The number of rotatable bonds is 8. The van der Waals surface area contributed by atoms with Crippen LogP contribution in [0.2, 0.25) is 0 Å². The minimum absolute atomic E-state index is 0.0308. The largest absolute Gasteiger partial charge is 0.299 e. The third-order valence-electron chi connectivity index (χ3n) is 22.3. The first-order chi connectivity index (χ1) is 32.3. The van der Waals surface area contributed by atoms with Gasteiger partial charge in [-0.1, -0.05) is 41.5 Å². The van der Waals surface area contributed by atoms with Crippen LogP contribution in [0.1, 0.15) is 243 Å². The fourth-order valence-electron chi connectivity index (χ4n) is 17.0. The Morgan fingerprint density at radius 2 is 0.493 bits per heavy atom. The topological polar surface area (TPSA) is 161 Å². The van der Waals surface area contributed by atoms with Crippen LogP contribution in [0.4, 0.5) is 0 Å². The molecule has 18 fully saturated rings. The van der Waals surface area contributed by atoms with Gasteiger partial charge in [-0.3, -0.25) is 38.2 Å². The molecule has 10 nitrogen and oxygen atoms in total. The zero-order valence-corrected chi connectivity index (χ0v) is 48.2. The molecule has 0 spiro atoms. The lowest BCUT2D eigenvalue weighted by Gasteiger charge is -2.68. The molecule has 18 rings (SSSR count). The number of amides is 2. The van der Waals surface area contributed by atoms with Crippen LogP contribution in [-0.4, -0.2) is 67.6 Å². The van der Waals surface area contributed by atoms with Crippen LogP contribution >= 0.6 is 0 Å². The summed E-state index contributed by atoms with van der Waals surface area (Å²) in [5.41, 5.74) is 3.44. The molecule has 18 aliphatic rings. The summed E-state index contributed by atoms with van der Waals surface area (Å²) in [6, 6.07) is 0. The SMILES string of the molecule is C=S(C)(=O)NC(=O)C12CC(C)(C1)C2.C=S(C)(=O)NC(=O)C12CCC(C)(CC1)CC2.CC(=O)C12CC(C)(C1)C2.CC(=O)C12CC(C)(C1)C2.CC(=O)C12CCC(C)(CC1)CC2.CC(=O)C12CCC(C)(CC1)CC2. The number of carbonyl (C=O) groups excluding carboxylic acids is 6. The number of fused-ring (bicyclic) bond motifs is 9. The number of hydrogen-bond acceptors (Lipinski definition) is 8. The molecule has 0 radical (unpaired) electrons. The molecular formula is C59H96N2O8S2. The Morgan fingerprint density at radius 1 is 0.310 bits per heavy atom. The molecule has 2 N–H and O–H groups in total. The van der Waals surface area contributed by atoms with Crippen LogP contribution in [0.5, 0.6) is 0 Å². The summed E-state index contributed by atoms with van der Waals surface area (Å²) >= 11 is 0. The molecule has 0 aromatic carbocycles. The molecule has 0 heterocycles. The van der Waals surface area contributed by atoms with Gasteiger partial charge in [0.1, 0.15) is 23.1 Å². The van der Waals surface area contributed by atoms with Crippen LogP contribution in [0.15, 0.2) is 0 Å². The first-order valence-electron chi connectivity index (χ1n) is 27.6. The van der Waals surface area contributed by atoms with Crippen molar-refractivity contribution in [1.29, 1.82) is 0 Å². The summed E-state index contributed by atoms with van der Waals surface area (Å²) in [5.74, 6) is 8.56. The summed E-state index contributed by atoms with van der Waals surface area (Å²) in [5, 5.41) is 0. The van der Waals surface area contributed by atoms with Gasteiger partial charge in [0.05, 0.1) is 10.8 Å². The van der Waals surface area contributed by atoms with Crippen LogP contribution in [0, 0.1) is 65.0 Å². The molecule has 0 aromatic heterocycles. The van der Waals surface area contributed by atoms with Crippen molar-refractivity contribution in [3.63, 3.8) is 0 Å². The van der Waals surface area contributed by atoms with Crippen molar-refractivity contribution in [2.75, 3.05) is 12.5 Å². The van der Waals surface area contributed by atoms with Crippen molar-refractivity contribution in [3.05, 3.63) is 0 Å². The first-order valence-corrected chi connectivity index (χ1v) is 31.9. The molecule has 2 amide bonds. The van der Waals surface area contributed by atoms with E-state index in [-0.39, 0.29) is 44.3 Å². The maximum Gasteiger partial charge on any atom is 0.237 e. The fourth-order valence-corrected chi connectivity index (χ4v) is 18.2. The van der Waals surface area contributed by atoms with Crippen molar-refractivity contribution in [1.82, 2.24) is 9.44 Å². The zero-order chi connectivity index (χ0) is 53.0. The van der Waals surface area contributed by atoms with Gasteiger partial charge in [0.15, 0.2) is 0 Å². The molecule has 18 saturated carbocycles. The Labute approximate surface area is 430 Å². The second-order valence-corrected chi connectivity index (χ2v) is 34.2. The summed E-state index contributed by atoms with van der Waals surface area (Å²) < 4.78 is 27.9. The van der Waals surface area contributed by atoms with E-state index in [2.05, 4.69) is 62.7 Å². The number of ketones is 4. The average molecular weight is 1030 g/mol. The third-order valence-corrected chi connectivity index (χ3v) is 23.6. The lowest BCUT2D eigenvalue weighted by atomic mass is 9.35. The van der Waals surface area contributed by atoms with Crippen LogP contribution < -0.4 is 9.44 Å². The molecule has 12 heteroatoms. The molecule has 71 heavy (non-hydrogen) atoms. The zero-order valence-electron chi connectivity index (χ0n) is 46.6. The monoisotopic (exact) mass is 1020 g/mol. The van der Waals surface area contributed by atoms with Gasteiger partial charge < -0.3 is 0 Å². The van der Waals surface area contributed by atoms with E-state index in [1.165, 1.54) is 128 Å². The molecule has 402 valence electrons. The van der Waals surface area contributed by atoms with Crippen molar-refractivity contribution >= 4 is 66.1 Å². The van der Waals surface area contributed by atoms with E-state index in [4.69, 9.17) is 0 Å². The number of nitrogens with one attached hydrogen (secondary N) is 2. The molecule has 18 aliphatic carbocycles. The smallest absolute Gasteiger partial charge is 0.237 e. The second kappa shape index (κ2) is 18.2. The lowest BCUT2D eigenvalue weighted by Crippen LogP contribution is -2.66. The van der Waals surface area contributed by atoms with E-state index in [0.29, 0.717) is 55.6 Å². The highest BCUT2D eigenvalue weighted by molar-refractivity contribution is 7.98. The lowest BCUT2D eigenvalue weighted by molar-refractivity contribution is -0.197. The highest BCUT2D eigenvalue weighted by atomic mass is 32.2. The maximum absolute atomic E-state index is 12.2. The molecule has 2 unspecified atom stereocenters. The standard InChI is InChI=1S/C12H21NO2S.2C11H18O.C9H15NO2S.2C8H12O/c1-11-4-7-12(8-5-11,9-6-11)10(14)13-16(2,3)15;2*1-9(12)11-6-3-10(2,4-7-11)5-8-11;1-8-4-9(5-8,6-8)7(11)10-13(2,3)12;2*1-6(9)8-3-7(2,4-8)5-8/h2,4-9H2,1,3H3,(H,13,14,15);2*3-8H2,1-2H3;2,4-6H2,1,3H3,(H,10,11,12);2*3-5H2,1-2H3. The van der Waals surface area contributed by atoms with Gasteiger partial charge in [-0.25, -0.2) is 8.42 Å². The van der Waals surface area contributed by atoms with Crippen molar-refractivity contribution in [3.8, 4) is 0 Å². The summed E-state index contributed by atoms with van der Waals surface area (Å²) in [7, 11) is -4.80. The quantitative estimate of drug-likeness (QED) is 0.227. The first kappa shape index (κ1) is 56.4. The number of hydrogen-bond donors (Lipinski definition) is 2. The highest BCUT2D eigenvalue weighted by Gasteiger charge is 2.69. The van der Waals surface area contributed by atoms with E-state index in [0.717, 1.165) is 57.8 Å². The molecule has 2 atom stereocenters. The van der Waals surface area contributed by atoms with Gasteiger partial charge in [0.25, 0.3) is 0 Å². The van der Waals surface area contributed by atoms with Crippen LogP contribution in [0.25, 0.3) is 0 Å². The van der Waals surface area contributed by atoms with Gasteiger partial charge >= 0.3 is 0 Å². The van der Waals surface area contributed by atoms with Crippen LogP contribution in [0.3, 0.4) is 0 Å². The Kier molecular flexibility index (Phi) is 14.4. The van der Waals surface area contributed by atoms with Crippen LogP contribution in [-0.2, 0) is 48.2 Å². The van der Waals surface area contributed by atoms with E-state index < -0.39 is 19.4 Å². The van der Waals surface area contributed by atoms with Gasteiger partial charge in [0, 0.05) is 53.6 Å². The van der Waals surface area contributed by atoms with E-state index in [1.807, 2.05) is 0 Å². The van der Waals surface area contributed by atoms with Crippen molar-refractivity contribution in [2.45, 2.75) is 243 Å². The maximum atomic E-state index is 12.2. The number of Topliss-reactive ketones (excluding diaryl/α,β-unsaturated/α-hetero) is 4. The molecular weight excluding hydrogens is 929 g/mol. The predicted molar refractivity (Wildman–Crippen MR) is 289 cm³/mol. The van der Waals surface area contributed by atoms with E-state index in [1.54, 1.807) is 27.7 Å². The Hall–Kier alpha value is -2.34. The summed E-state index contributed by atoms with van der Waals surface area (Å²) in [6.45, 7) is 20.9. The fraction of sp³-hybridized carbons (Fsp3) is 0.864. The second-order valence-electron chi connectivity index (χ2n) is 29.7. The summed E-state index contributed by atoms with van der Waals surface area (Å²) in [4.78, 5) is 68.6.